The van der Waals surface area contributed by atoms with Gasteiger partial charge in [0.15, 0.2) is 0 Å². The van der Waals surface area contributed by atoms with Crippen LogP contribution in [0.25, 0.3) is 119 Å². The Morgan fingerprint density at radius 3 is 1.28 bits per heavy atom. The number of thiophene rings is 1. The molecule has 0 N–H and O–H groups in total. The number of rotatable bonds is 13. The molecule has 17 aromatic rings. The third-order valence-corrected chi connectivity index (χ3v) is 30.4. The van der Waals surface area contributed by atoms with Crippen molar-refractivity contribution in [1.82, 2.24) is 0 Å². The van der Waals surface area contributed by atoms with Crippen molar-refractivity contribution in [3.63, 3.8) is 0 Å². The van der Waals surface area contributed by atoms with Gasteiger partial charge in [0.1, 0.15) is 0 Å². The molecule has 1 heterocycles. The Bertz CT molecular complexity index is 6150. The smallest absolute Gasteiger partial charge is 0.0349 e. The fraction of sp³-hybridized carbons (Fsp3) is 0.0833. The molecule has 0 aliphatic carbocycles. The van der Waals surface area contributed by atoms with E-state index in [2.05, 4.69) is 360 Å². The molecule has 0 atom stereocenters. The normalized spacial score (nSPS) is 11.7. The molecule has 0 bridgehead atoms. The van der Waals surface area contributed by atoms with Gasteiger partial charge in [-0.2, -0.15) is 0 Å². The standard InChI is InChI=1S/C50H46Ge2N4.C46H30S/c1-33-12-20-43(28-37(33)31-53)55(41-22-18-39(19-23-41)51(3,4)5)47-26-16-35-15-25-46-48(27-17-36-14-24-45(47)49(35)50(36)46)56(44-21-13-34(2)38(29-44)32-54)42-11-9-10-40(30-42)52(6,7)8;1-2-12-33(13-3-1)43-27-28-44(47-43)37-15-10-16-38(30-37)46-41-19-8-6-17-39(41)45(40-18-7-9-20-42(40)46)34-24-21-32(22-25-34)36-26-23-31-11-4-5-14-35(31)29-36/h9-30H,1-8H3;1-30H. The topological polar surface area (TPSA) is 54.1 Å². The maximum Gasteiger partial charge on any atom is 0.0349 e. The Kier molecular flexibility index (Phi) is 17.5. The van der Waals surface area contributed by atoms with Crippen molar-refractivity contribution in [1.29, 1.82) is 10.5 Å². The molecule has 17 rings (SSSR count). The van der Waals surface area contributed by atoms with Gasteiger partial charge in [-0.15, -0.1) is 11.3 Å². The van der Waals surface area contributed by atoms with Gasteiger partial charge >= 0.3 is 338 Å². The monoisotopic (exact) mass is 1460 g/mol. The number of aryl methyl sites for hydroxylation is 2. The molecule has 494 valence electrons. The average molecular weight is 1460 g/mol. The van der Waals surface area contributed by atoms with E-state index in [-0.39, 0.29) is 0 Å². The van der Waals surface area contributed by atoms with E-state index in [1.54, 1.807) is 0 Å². The largest absolute Gasteiger partial charge is 0.135 e. The minimum absolute atomic E-state index is 0.672. The average Bonchev–Trinajstić information content (AvgIpc) is 0.856. The van der Waals surface area contributed by atoms with Crippen molar-refractivity contribution >= 4 is 145 Å². The summed E-state index contributed by atoms with van der Waals surface area (Å²) in [5, 5.41) is 34.9. The number of nitrogens with zero attached hydrogens (tertiary/aromatic N) is 4. The van der Waals surface area contributed by atoms with Crippen LogP contribution in [0.2, 0.25) is 34.5 Å². The fourth-order valence-corrected chi connectivity index (χ4v) is 20.9. The van der Waals surface area contributed by atoms with Crippen LogP contribution in [0, 0.1) is 36.5 Å². The van der Waals surface area contributed by atoms with Crippen LogP contribution in [0.3, 0.4) is 0 Å². The minimum atomic E-state index is -2.20. The van der Waals surface area contributed by atoms with E-state index in [9.17, 15) is 10.5 Å². The van der Waals surface area contributed by atoms with Gasteiger partial charge in [0, 0.05) is 9.75 Å². The molecule has 1 aromatic heterocycles. The molecule has 0 spiro atoms. The van der Waals surface area contributed by atoms with Gasteiger partial charge in [-0.05, 0) is 101 Å². The number of nitriles is 2. The summed E-state index contributed by atoms with van der Waals surface area (Å²) in [5.41, 5.74) is 19.5. The molecule has 103 heavy (non-hydrogen) atoms. The zero-order valence-electron chi connectivity index (χ0n) is 59.2. The zero-order valence-corrected chi connectivity index (χ0v) is 64.2. The molecule has 16 aromatic carbocycles. The van der Waals surface area contributed by atoms with Crippen molar-refractivity contribution in [3.05, 3.63) is 338 Å². The minimum Gasteiger partial charge on any atom is -0.135 e. The summed E-state index contributed by atoms with van der Waals surface area (Å²) in [6.45, 7) is 3.99. The van der Waals surface area contributed by atoms with Crippen LogP contribution >= 0.6 is 11.3 Å². The van der Waals surface area contributed by atoms with Gasteiger partial charge in [-0.3, -0.25) is 0 Å². The first kappa shape index (κ1) is 66.3. The van der Waals surface area contributed by atoms with Crippen LogP contribution in [-0.2, 0) is 0 Å². The summed E-state index contributed by atoms with van der Waals surface area (Å²) in [7, 11) is 0. The van der Waals surface area contributed by atoms with Crippen molar-refractivity contribution in [2.24, 2.45) is 0 Å². The summed E-state index contributed by atoms with van der Waals surface area (Å²) in [4.78, 5) is 7.23. The first-order valence-electron chi connectivity index (χ1n) is 35.4. The third kappa shape index (κ3) is 12.6. The molecule has 0 fully saturated rings. The number of benzene rings is 16. The Morgan fingerprint density at radius 2 is 0.718 bits per heavy atom. The number of anilines is 6. The summed E-state index contributed by atoms with van der Waals surface area (Å²) in [5.74, 6) is 14.6. The molecular formula is C96H76Ge2N4S. The van der Waals surface area contributed by atoms with E-state index in [0.29, 0.717) is 11.1 Å². The fourth-order valence-electron chi connectivity index (χ4n) is 15.0. The maximum absolute atomic E-state index is 10.1. The van der Waals surface area contributed by atoms with E-state index in [1.165, 1.54) is 117 Å². The quantitative estimate of drug-likeness (QED) is 0.0656. The van der Waals surface area contributed by atoms with E-state index in [1.807, 2.05) is 37.3 Å². The van der Waals surface area contributed by atoms with Crippen LogP contribution < -0.4 is 18.6 Å². The van der Waals surface area contributed by atoms with E-state index >= 15 is 0 Å². The second kappa shape index (κ2) is 27.2. The Morgan fingerprint density at radius 1 is 0.282 bits per heavy atom. The zero-order chi connectivity index (χ0) is 70.7. The second-order valence-electron chi connectivity index (χ2n) is 29.2. The van der Waals surface area contributed by atoms with Crippen LogP contribution in [0.4, 0.5) is 34.1 Å². The van der Waals surface area contributed by atoms with Gasteiger partial charge < -0.3 is 0 Å². The summed E-state index contributed by atoms with van der Waals surface area (Å²) in [6, 6.07) is 120. The molecular weight excluding hydrogens is 1390 g/mol. The van der Waals surface area contributed by atoms with Gasteiger partial charge in [0.25, 0.3) is 0 Å². The van der Waals surface area contributed by atoms with Crippen LogP contribution in [0.5, 0.6) is 0 Å². The van der Waals surface area contributed by atoms with E-state index < -0.39 is 26.5 Å². The van der Waals surface area contributed by atoms with Crippen LogP contribution in [-0.4, -0.2) is 26.5 Å². The van der Waals surface area contributed by atoms with Gasteiger partial charge in [0.05, 0.1) is 0 Å². The van der Waals surface area contributed by atoms with Crippen molar-refractivity contribution in [3.8, 4) is 66.4 Å². The van der Waals surface area contributed by atoms with Gasteiger partial charge in [0.2, 0.25) is 0 Å². The molecule has 0 aliphatic heterocycles. The first-order chi connectivity index (χ1) is 50.1. The Balaban J connectivity index is 0.000000161. The molecule has 0 aliphatic rings. The van der Waals surface area contributed by atoms with Crippen molar-refractivity contribution < 1.29 is 0 Å². The van der Waals surface area contributed by atoms with Crippen molar-refractivity contribution in [2.45, 2.75) is 48.4 Å². The maximum atomic E-state index is 10.1. The van der Waals surface area contributed by atoms with Crippen molar-refractivity contribution in [2.75, 3.05) is 9.80 Å². The predicted octanol–water partition coefficient (Wildman–Crippen LogP) is 26.5. The molecule has 0 amide bonds. The first-order valence-corrected chi connectivity index (χ1v) is 50.9. The molecule has 0 radical (unpaired) electrons. The number of fused-ring (bicyclic) bond motifs is 3. The Labute approximate surface area is 613 Å². The summed E-state index contributed by atoms with van der Waals surface area (Å²) >= 11 is -2.41. The summed E-state index contributed by atoms with van der Waals surface area (Å²) in [6.07, 6.45) is 0. The number of hydrogen-bond donors (Lipinski definition) is 0. The number of hydrogen-bond acceptors (Lipinski definition) is 5. The Hall–Kier alpha value is -11.3. The van der Waals surface area contributed by atoms with Crippen LogP contribution in [0.1, 0.15) is 22.3 Å². The molecule has 0 unspecified atom stereocenters. The van der Waals surface area contributed by atoms with Crippen LogP contribution in [0.15, 0.2) is 315 Å². The van der Waals surface area contributed by atoms with E-state index in [4.69, 9.17) is 0 Å². The molecule has 0 saturated carbocycles. The molecule has 4 nitrogen and oxygen atoms in total. The SMILES string of the molecule is Cc1ccc(N(c2cc[c]([Ge]([CH3])([CH3])[CH3])cc2)c2ccc3ccc4c(N(c5ccc[c]([Ge]([CH3])([CH3])[CH3])c5)c5ccc(C)c(C#N)c5)ccc5ccc2c3c54)cc1C#N.c1ccc(-c2ccc(-c3cccc(-c4c5ccccc5c(-c5ccc(-c6ccc7ccccc7c6)cc5)c5ccccc45)c3)s2)cc1. The summed E-state index contributed by atoms with van der Waals surface area (Å²) < 4.78 is 2.88. The van der Waals surface area contributed by atoms with Gasteiger partial charge in [-0.25, -0.2) is 0 Å². The predicted molar refractivity (Wildman–Crippen MR) is 448 cm³/mol. The third-order valence-electron chi connectivity index (χ3n) is 20.5. The second-order valence-corrected chi connectivity index (χ2v) is 51.6. The molecule has 7 heteroatoms. The van der Waals surface area contributed by atoms with E-state index in [0.717, 1.165) is 56.0 Å². The van der Waals surface area contributed by atoms with Gasteiger partial charge in [-0.1, -0.05) is 158 Å². The molecule has 0 saturated heterocycles.